The average Bonchev–Trinajstić information content (AvgIpc) is 3.14. The Morgan fingerprint density at radius 3 is 2.86 bits per heavy atom. The first-order chi connectivity index (χ1) is 13.6. The molecule has 0 saturated carbocycles. The number of carbonyl (C=O) groups excluding carboxylic acids is 1. The van der Waals surface area contributed by atoms with E-state index in [4.69, 9.17) is 16.3 Å². The largest absolute Gasteiger partial charge is 0.545 e. The maximum absolute atomic E-state index is 11.7. The van der Waals surface area contributed by atoms with Crippen LogP contribution in [0.1, 0.15) is 39.9 Å². The Labute approximate surface area is 172 Å². The van der Waals surface area contributed by atoms with Crippen LogP contribution in [0.3, 0.4) is 0 Å². The van der Waals surface area contributed by atoms with Gasteiger partial charge in [0, 0.05) is 23.0 Å². The minimum Gasteiger partial charge on any atom is -0.545 e. The lowest BCUT2D eigenvalue weighted by Crippen LogP contribution is -2.33. The van der Waals surface area contributed by atoms with E-state index in [0.29, 0.717) is 16.8 Å². The van der Waals surface area contributed by atoms with Crippen molar-refractivity contribution in [3.8, 4) is 5.75 Å². The van der Waals surface area contributed by atoms with Crippen LogP contribution in [0, 0.1) is 5.92 Å². The molecule has 0 amide bonds. The van der Waals surface area contributed by atoms with E-state index in [0.717, 1.165) is 34.8 Å². The van der Waals surface area contributed by atoms with Gasteiger partial charge in [0.25, 0.3) is 0 Å². The number of anilines is 1. The fraction of sp³-hybridized carbons (Fsp3) is 0.318. The topological polar surface area (TPSA) is 61.4 Å². The van der Waals surface area contributed by atoms with Gasteiger partial charge >= 0.3 is 0 Å². The summed E-state index contributed by atoms with van der Waals surface area (Å²) in [6, 6.07) is 11.4. The third-order valence-corrected chi connectivity index (χ3v) is 7.35. The highest BCUT2D eigenvalue weighted by Crippen LogP contribution is 2.52. The molecule has 0 unspecified atom stereocenters. The number of aromatic carboxylic acids is 1. The zero-order valence-electron chi connectivity index (χ0n) is 15.1. The highest BCUT2D eigenvalue weighted by Gasteiger charge is 2.40. The number of thioether (sulfide) groups is 1. The normalized spacial score (nSPS) is 25.4. The summed E-state index contributed by atoms with van der Waals surface area (Å²) < 4.78 is 6.06. The first-order valence-electron chi connectivity index (χ1n) is 9.43. The molecule has 1 N–H and O–H groups in total. The summed E-state index contributed by atoms with van der Waals surface area (Å²) in [7, 11) is 0. The van der Waals surface area contributed by atoms with Gasteiger partial charge in [0.1, 0.15) is 11.9 Å². The second-order valence-corrected chi connectivity index (χ2v) is 8.98. The van der Waals surface area contributed by atoms with Crippen molar-refractivity contribution in [2.45, 2.75) is 24.5 Å². The van der Waals surface area contributed by atoms with Gasteiger partial charge in [-0.2, -0.15) is 11.8 Å². The van der Waals surface area contributed by atoms with Gasteiger partial charge in [-0.3, -0.25) is 0 Å². The summed E-state index contributed by atoms with van der Waals surface area (Å²) in [5.74, 6) is 2.01. The van der Waals surface area contributed by atoms with Crippen molar-refractivity contribution in [2.75, 3.05) is 16.8 Å². The van der Waals surface area contributed by atoms with Gasteiger partial charge in [-0.1, -0.05) is 42.0 Å². The van der Waals surface area contributed by atoms with Crippen molar-refractivity contribution < 1.29 is 14.6 Å². The number of allylic oxidation sites excluding steroid dienone is 2. The average molecular weight is 413 g/mol. The number of fused-ring (bicyclic) bond motifs is 3. The number of rotatable bonds is 4. The van der Waals surface area contributed by atoms with Gasteiger partial charge in [-0.25, -0.2) is 0 Å². The van der Waals surface area contributed by atoms with E-state index in [1.54, 1.807) is 12.1 Å². The molecule has 144 valence electrons. The SMILES string of the molecule is O=C([O-])c1ccc(Cl)c2c1[C@H]1C=CC[C@@H]1[C@@H](c1cccc(OC3CSC3)c1)N2. The molecule has 2 aromatic carbocycles. The van der Waals surface area contributed by atoms with Crippen LogP contribution in [0.25, 0.3) is 0 Å². The molecule has 3 aliphatic rings. The molecule has 3 atom stereocenters. The van der Waals surface area contributed by atoms with Crippen molar-refractivity contribution in [1.82, 2.24) is 0 Å². The molecule has 6 heteroatoms. The quantitative estimate of drug-likeness (QED) is 0.768. The second-order valence-electron chi connectivity index (χ2n) is 7.50. The molecule has 2 aliphatic heterocycles. The predicted molar refractivity (Wildman–Crippen MR) is 110 cm³/mol. The Bertz CT molecular complexity index is 972. The van der Waals surface area contributed by atoms with Crippen LogP contribution >= 0.6 is 23.4 Å². The van der Waals surface area contributed by atoms with Crippen molar-refractivity contribution >= 4 is 35.0 Å². The Hall–Kier alpha value is -2.11. The lowest BCUT2D eigenvalue weighted by molar-refractivity contribution is -0.255. The highest BCUT2D eigenvalue weighted by molar-refractivity contribution is 8.00. The molecule has 5 rings (SSSR count). The highest BCUT2D eigenvalue weighted by atomic mass is 35.5. The Morgan fingerprint density at radius 2 is 2.11 bits per heavy atom. The molecule has 1 aliphatic carbocycles. The number of ether oxygens (including phenoxy) is 1. The second kappa shape index (κ2) is 7.05. The molecule has 28 heavy (non-hydrogen) atoms. The molecule has 0 radical (unpaired) electrons. The lowest BCUT2D eigenvalue weighted by atomic mass is 9.75. The van der Waals surface area contributed by atoms with Gasteiger partial charge in [-0.05, 0) is 41.7 Å². The third kappa shape index (κ3) is 2.97. The molecular weight excluding hydrogens is 394 g/mol. The van der Waals surface area contributed by atoms with Crippen LogP contribution in [-0.2, 0) is 0 Å². The summed E-state index contributed by atoms with van der Waals surface area (Å²) in [6.45, 7) is 0. The van der Waals surface area contributed by atoms with E-state index < -0.39 is 5.97 Å². The molecule has 0 bridgehead atoms. The summed E-state index contributed by atoms with van der Waals surface area (Å²) >= 11 is 8.35. The monoisotopic (exact) mass is 412 g/mol. The third-order valence-electron chi connectivity index (χ3n) is 5.82. The molecule has 0 aromatic heterocycles. The van der Waals surface area contributed by atoms with Gasteiger partial charge < -0.3 is 20.0 Å². The molecule has 0 spiro atoms. The van der Waals surface area contributed by atoms with E-state index in [1.165, 1.54) is 0 Å². The number of hydrogen-bond acceptors (Lipinski definition) is 5. The minimum atomic E-state index is -1.17. The summed E-state index contributed by atoms with van der Waals surface area (Å²) in [6.07, 6.45) is 5.41. The number of carboxylic acids is 1. The first kappa shape index (κ1) is 18.0. The first-order valence-corrected chi connectivity index (χ1v) is 11.0. The Balaban J connectivity index is 1.54. The maximum Gasteiger partial charge on any atom is 0.120 e. The lowest BCUT2D eigenvalue weighted by Gasteiger charge is -2.39. The maximum atomic E-state index is 11.7. The van der Waals surface area contributed by atoms with Crippen molar-refractivity contribution in [2.24, 2.45) is 5.92 Å². The predicted octanol–water partition coefficient (Wildman–Crippen LogP) is 4.02. The number of carbonyl (C=O) groups is 1. The van der Waals surface area contributed by atoms with Crippen LogP contribution in [0.5, 0.6) is 5.75 Å². The van der Waals surface area contributed by atoms with E-state index in [-0.39, 0.29) is 23.4 Å². The van der Waals surface area contributed by atoms with Crippen LogP contribution < -0.4 is 15.2 Å². The Kier molecular flexibility index (Phi) is 4.52. The minimum absolute atomic E-state index is 0.000423. The number of halogens is 1. The Morgan fingerprint density at radius 1 is 1.25 bits per heavy atom. The number of nitrogens with one attached hydrogen (secondary N) is 1. The van der Waals surface area contributed by atoms with Crippen molar-refractivity contribution in [3.63, 3.8) is 0 Å². The van der Waals surface area contributed by atoms with Gasteiger partial charge in [-0.15, -0.1) is 0 Å². The standard InChI is InChI=1S/C22H20ClNO3S/c23-18-8-7-17(22(25)26)19-15-5-2-6-16(15)20(24-21(18)19)12-3-1-4-13(9-12)27-14-10-28-11-14/h1-5,7-9,14-16,20,24H,6,10-11H2,(H,25,26)/p-1/t15-,16-,20+/m0/s1. The van der Waals surface area contributed by atoms with Crippen molar-refractivity contribution in [3.05, 3.63) is 70.3 Å². The van der Waals surface area contributed by atoms with E-state index in [1.807, 2.05) is 23.9 Å². The molecule has 2 heterocycles. The van der Waals surface area contributed by atoms with Gasteiger partial charge in [0.05, 0.1) is 22.7 Å². The van der Waals surface area contributed by atoms with Crippen LogP contribution in [0.15, 0.2) is 48.6 Å². The van der Waals surface area contributed by atoms with E-state index >= 15 is 0 Å². The van der Waals surface area contributed by atoms with Crippen molar-refractivity contribution in [1.29, 1.82) is 0 Å². The number of carboxylic acid groups (broad SMARTS) is 1. The van der Waals surface area contributed by atoms with Crippen LogP contribution in [0.2, 0.25) is 5.02 Å². The summed E-state index contributed by atoms with van der Waals surface area (Å²) in [5.41, 5.74) is 2.78. The van der Waals surface area contributed by atoms with Crippen LogP contribution in [-0.4, -0.2) is 23.6 Å². The molecule has 1 saturated heterocycles. The molecular formula is C22H19ClNO3S-. The van der Waals surface area contributed by atoms with Crippen LogP contribution in [0.4, 0.5) is 5.69 Å². The smallest absolute Gasteiger partial charge is 0.120 e. The molecule has 2 aromatic rings. The van der Waals surface area contributed by atoms with E-state index in [9.17, 15) is 9.90 Å². The zero-order valence-corrected chi connectivity index (χ0v) is 16.6. The number of hydrogen-bond donors (Lipinski definition) is 1. The fourth-order valence-electron chi connectivity index (χ4n) is 4.44. The fourth-order valence-corrected chi connectivity index (χ4v) is 5.22. The van der Waals surface area contributed by atoms with Gasteiger partial charge in [0.15, 0.2) is 0 Å². The summed E-state index contributed by atoms with van der Waals surface area (Å²) in [5, 5.41) is 15.7. The number of benzene rings is 2. The van der Waals surface area contributed by atoms with Gasteiger partial charge in [0.2, 0.25) is 0 Å². The van der Waals surface area contributed by atoms with E-state index in [2.05, 4.69) is 29.6 Å². The summed E-state index contributed by atoms with van der Waals surface area (Å²) in [4.78, 5) is 11.7. The molecule has 1 fully saturated rings. The zero-order chi connectivity index (χ0) is 19.3. The molecule has 4 nitrogen and oxygen atoms in total.